The molecule has 0 unspecified atom stereocenters. The van der Waals surface area contributed by atoms with Crippen LogP contribution in [0.25, 0.3) is 27.7 Å². The molecule has 6 nitrogen and oxygen atoms in total. The lowest BCUT2D eigenvalue weighted by atomic mass is 9.99. The number of furan rings is 1. The van der Waals surface area contributed by atoms with Crippen LogP contribution in [0.2, 0.25) is 0 Å². The van der Waals surface area contributed by atoms with Gasteiger partial charge in [-0.15, -0.1) is 0 Å². The van der Waals surface area contributed by atoms with Crippen molar-refractivity contribution >= 4 is 44.2 Å². The van der Waals surface area contributed by atoms with Crippen molar-refractivity contribution < 1.29 is 18.5 Å². The predicted molar refractivity (Wildman–Crippen MR) is 124 cm³/mol. The van der Waals surface area contributed by atoms with Crippen LogP contribution in [0.4, 0.5) is 5.82 Å². The molecule has 0 saturated carbocycles. The fourth-order valence-electron chi connectivity index (χ4n) is 3.35. The summed E-state index contributed by atoms with van der Waals surface area (Å²) in [5, 5.41) is 7.44. The summed E-state index contributed by atoms with van der Waals surface area (Å²) >= 11 is 3.47. The number of hydrogen-bond donors (Lipinski definition) is 1. The molecule has 0 fully saturated rings. The number of fused-ring (bicyclic) bond motifs is 1. The molecule has 0 aliphatic carbocycles. The van der Waals surface area contributed by atoms with Gasteiger partial charge in [0.15, 0.2) is 5.82 Å². The Morgan fingerprint density at radius 2 is 2.00 bits per heavy atom. The Morgan fingerprint density at radius 3 is 2.68 bits per heavy atom. The van der Waals surface area contributed by atoms with Gasteiger partial charge >= 0.3 is 0 Å². The number of anilines is 1. The predicted octanol–water partition coefficient (Wildman–Crippen LogP) is 6.60. The van der Waals surface area contributed by atoms with Gasteiger partial charge in [-0.1, -0.05) is 33.2 Å². The van der Waals surface area contributed by atoms with Crippen molar-refractivity contribution in [3.8, 4) is 16.9 Å². The van der Waals surface area contributed by atoms with E-state index in [1.165, 1.54) is 6.08 Å². The molecule has 2 heterocycles. The summed E-state index contributed by atoms with van der Waals surface area (Å²) in [6.07, 6.45) is 3.26. The number of benzene rings is 2. The summed E-state index contributed by atoms with van der Waals surface area (Å²) in [5.41, 5.74) is 4.31. The highest BCUT2D eigenvalue weighted by Crippen LogP contribution is 2.37. The topological polar surface area (TPSA) is 77.5 Å². The minimum absolute atomic E-state index is 0.298. The van der Waals surface area contributed by atoms with Gasteiger partial charge in [0.1, 0.15) is 17.1 Å². The highest BCUT2D eigenvalue weighted by atomic mass is 79.9. The number of aryl methyl sites for hydroxylation is 1. The molecule has 0 aliphatic rings. The third-order valence-electron chi connectivity index (χ3n) is 4.78. The molecule has 0 bridgehead atoms. The van der Waals surface area contributed by atoms with Crippen LogP contribution in [0.15, 0.2) is 68.2 Å². The number of rotatable bonds is 6. The van der Waals surface area contributed by atoms with Crippen LogP contribution < -0.4 is 10.1 Å². The summed E-state index contributed by atoms with van der Waals surface area (Å²) in [7, 11) is 0. The Morgan fingerprint density at radius 1 is 1.23 bits per heavy atom. The summed E-state index contributed by atoms with van der Waals surface area (Å²) in [6, 6.07) is 13.6. The largest absolute Gasteiger partial charge is 0.493 e. The third-order valence-corrected chi connectivity index (χ3v) is 5.31. The van der Waals surface area contributed by atoms with E-state index in [1.54, 1.807) is 19.3 Å². The van der Waals surface area contributed by atoms with E-state index in [9.17, 15) is 4.79 Å². The van der Waals surface area contributed by atoms with E-state index in [0.717, 1.165) is 37.7 Å². The first-order valence-corrected chi connectivity index (χ1v) is 10.6. The van der Waals surface area contributed by atoms with Crippen LogP contribution in [0, 0.1) is 6.92 Å². The molecule has 0 atom stereocenters. The Balaban J connectivity index is 1.73. The molecule has 2 aromatic heterocycles. The molecule has 1 amide bonds. The van der Waals surface area contributed by atoms with E-state index >= 15 is 0 Å². The van der Waals surface area contributed by atoms with E-state index in [1.807, 2.05) is 50.2 Å². The van der Waals surface area contributed by atoms with Crippen LogP contribution in [0.5, 0.6) is 5.75 Å². The maximum Gasteiger partial charge on any atom is 0.249 e. The van der Waals surface area contributed by atoms with Crippen molar-refractivity contribution in [1.29, 1.82) is 0 Å². The lowest BCUT2D eigenvalue weighted by Crippen LogP contribution is -2.09. The fraction of sp³-hybridized carbons (Fsp3) is 0.167. The number of aromatic nitrogens is 1. The second-order valence-electron chi connectivity index (χ2n) is 7.07. The molecule has 1 N–H and O–H groups in total. The molecule has 0 spiro atoms. The Bertz CT molecular complexity index is 1270. The number of carbonyl (C=O) groups is 1. The van der Waals surface area contributed by atoms with Crippen molar-refractivity contribution in [1.82, 2.24) is 5.16 Å². The highest BCUT2D eigenvalue weighted by Gasteiger charge is 2.15. The molecule has 31 heavy (non-hydrogen) atoms. The van der Waals surface area contributed by atoms with E-state index in [2.05, 4.69) is 26.4 Å². The number of nitrogens with zero attached hydrogens (tertiary/aromatic N) is 1. The molecule has 4 rings (SSSR count). The number of amides is 1. The van der Waals surface area contributed by atoms with Crippen LogP contribution in [-0.4, -0.2) is 17.7 Å². The normalized spacial score (nSPS) is 11.7. The second-order valence-corrected chi connectivity index (χ2v) is 7.99. The van der Waals surface area contributed by atoms with Crippen LogP contribution in [0.3, 0.4) is 0 Å². The molecular formula is C24H21BrN2O4. The smallest absolute Gasteiger partial charge is 0.249 e. The summed E-state index contributed by atoms with van der Waals surface area (Å²) in [4.78, 5) is 12.5. The molecule has 2 aromatic carbocycles. The molecule has 4 aromatic rings. The first-order chi connectivity index (χ1) is 14.9. The van der Waals surface area contributed by atoms with Crippen molar-refractivity contribution in [2.24, 2.45) is 0 Å². The fourth-order valence-corrected chi connectivity index (χ4v) is 3.62. The number of halogens is 1. The van der Waals surface area contributed by atoms with Gasteiger partial charge in [0.05, 0.1) is 12.9 Å². The van der Waals surface area contributed by atoms with E-state index in [4.69, 9.17) is 13.7 Å². The van der Waals surface area contributed by atoms with Crippen molar-refractivity contribution in [2.45, 2.75) is 20.8 Å². The zero-order valence-electron chi connectivity index (χ0n) is 17.4. The van der Waals surface area contributed by atoms with E-state index in [-0.39, 0.29) is 5.91 Å². The quantitative estimate of drug-likeness (QED) is 0.314. The number of nitrogens with one attached hydrogen (secondary N) is 1. The first-order valence-electron chi connectivity index (χ1n) is 9.81. The van der Waals surface area contributed by atoms with Crippen LogP contribution in [-0.2, 0) is 4.79 Å². The third kappa shape index (κ3) is 4.56. The minimum atomic E-state index is -0.298. The monoisotopic (exact) mass is 480 g/mol. The number of carbonyl (C=O) groups excluding carboxylic acids is 1. The van der Waals surface area contributed by atoms with E-state index in [0.29, 0.717) is 23.9 Å². The Labute approximate surface area is 188 Å². The van der Waals surface area contributed by atoms with Crippen molar-refractivity contribution in [3.05, 3.63) is 70.6 Å². The minimum Gasteiger partial charge on any atom is -0.493 e. The number of ether oxygens (including phenoxy) is 1. The zero-order valence-corrected chi connectivity index (χ0v) is 18.9. The van der Waals surface area contributed by atoms with Gasteiger partial charge in [-0.05, 0) is 50.1 Å². The van der Waals surface area contributed by atoms with E-state index < -0.39 is 0 Å². The molecule has 0 aliphatic heterocycles. The number of allylic oxidation sites excluding steroid dienone is 1. The lowest BCUT2D eigenvalue weighted by Gasteiger charge is -2.11. The Hall–Kier alpha value is -3.32. The molecule has 7 heteroatoms. The van der Waals surface area contributed by atoms with Gasteiger partial charge < -0.3 is 19.0 Å². The standard InChI is InChI=1S/C24H21BrN2O4/c1-4-29-21-12-22-19(20(13-30-22)16-5-7-17(25)8-6-16)11-18(21)14(2)9-24(28)26-23-10-15(3)31-27-23/h5-13H,4H2,1-3H3,(H,26,27,28)/b14-9+. The van der Waals surface area contributed by atoms with Crippen molar-refractivity contribution in [3.63, 3.8) is 0 Å². The molecule has 0 radical (unpaired) electrons. The van der Waals surface area contributed by atoms with Gasteiger partial charge in [0, 0.05) is 39.2 Å². The van der Waals surface area contributed by atoms with Crippen LogP contribution in [0.1, 0.15) is 25.2 Å². The summed E-state index contributed by atoms with van der Waals surface area (Å²) in [5.74, 6) is 1.36. The zero-order chi connectivity index (χ0) is 22.0. The number of hydrogen-bond acceptors (Lipinski definition) is 5. The average Bonchev–Trinajstić information content (AvgIpc) is 3.33. The molecular weight excluding hydrogens is 460 g/mol. The SMILES string of the molecule is CCOc1cc2occ(-c3ccc(Br)cc3)c2cc1/C(C)=C/C(=O)Nc1cc(C)on1. The Kier molecular flexibility index (Phi) is 5.95. The van der Waals surface area contributed by atoms with Gasteiger partial charge in [0.2, 0.25) is 5.91 Å². The summed E-state index contributed by atoms with van der Waals surface area (Å²) < 4.78 is 17.6. The first kappa shape index (κ1) is 20.9. The lowest BCUT2D eigenvalue weighted by molar-refractivity contribution is -0.111. The summed E-state index contributed by atoms with van der Waals surface area (Å²) in [6.45, 7) is 6.05. The van der Waals surface area contributed by atoms with Gasteiger partial charge in [-0.2, -0.15) is 0 Å². The average molecular weight is 481 g/mol. The maximum absolute atomic E-state index is 12.5. The van der Waals surface area contributed by atoms with Gasteiger partial charge in [-0.25, -0.2) is 0 Å². The van der Waals surface area contributed by atoms with Gasteiger partial charge in [0.25, 0.3) is 0 Å². The highest BCUT2D eigenvalue weighted by molar-refractivity contribution is 9.10. The molecule has 158 valence electrons. The second kappa shape index (κ2) is 8.81. The molecule has 0 saturated heterocycles. The van der Waals surface area contributed by atoms with Crippen LogP contribution >= 0.6 is 15.9 Å². The van der Waals surface area contributed by atoms with Gasteiger partial charge in [-0.3, -0.25) is 4.79 Å². The van der Waals surface area contributed by atoms with Crippen molar-refractivity contribution in [2.75, 3.05) is 11.9 Å². The maximum atomic E-state index is 12.5.